The second-order valence-electron chi connectivity index (χ2n) is 7.55. The average molecular weight is 356 g/mol. The summed E-state index contributed by atoms with van der Waals surface area (Å²) < 4.78 is 0. The molecule has 1 saturated heterocycles. The van der Waals surface area contributed by atoms with Crippen molar-refractivity contribution in [1.82, 2.24) is 19.8 Å². The van der Waals surface area contributed by atoms with Gasteiger partial charge >= 0.3 is 0 Å². The van der Waals surface area contributed by atoms with Gasteiger partial charge in [-0.15, -0.1) is 0 Å². The monoisotopic (exact) mass is 356 g/mol. The fourth-order valence-corrected chi connectivity index (χ4v) is 3.73. The van der Waals surface area contributed by atoms with E-state index in [1.54, 1.807) is 4.90 Å². The zero-order valence-corrected chi connectivity index (χ0v) is 16.1. The second kappa shape index (κ2) is 7.09. The number of para-hydroxylation sites is 1. The minimum atomic E-state index is -0.783. The quantitative estimate of drug-likeness (QED) is 0.895. The van der Waals surface area contributed by atoms with Crippen LogP contribution in [0, 0.1) is 6.92 Å². The first-order valence-electron chi connectivity index (χ1n) is 9.38. The van der Waals surface area contributed by atoms with Gasteiger partial charge in [0.25, 0.3) is 0 Å². The molecule has 26 heavy (non-hydrogen) atoms. The molecule has 1 aromatic carbocycles. The van der Waals surface area contributed by atoms with E-state index in [-0.39, 0.29) is 11.8 Å². The number of aromatic nitrogens is 2. The molecule has 0 aliphatic carbocycles. The van der Waals surface area contributed by atoms with Crippen molar-refractivity contribution in [3.63, 3.8) is 0 Å². The number of imidazole rings is 1. The highest BCUT2D eigenvalue weighted by Crippen LogP contribution is 2.24. The van der Waals surface area contributed by atoms with Crippen molar-refractivity contribution < 1.29 is 9.59 Å². The fraction of sp³-hybridized carbons (Fsp3) is 0.550. The third-order valence-corrected chi connectivity index (χ3v) is 5.21. The van der Waals surface area contributed by atoms with Gasteiger partial charge in [-0.25, -0.2) is 4.98 Å². The first-order valence-corrected chi connectivity index (χ1v) is 9.38. The van der Waals surface area contributed by atoms with Gasteiger partial charge in [-0.3, -0.25) is 9.59 Å². The van der Waals surface area contributed by atoms with Crippen molar-refractivity contribution >= 4 is 22.8 Å². The van der Waals surface area contributed by atoms with Crippen molar-refractivity contribution in [3.8, 4) is 0 Å². The summed E-state index contributed by atoms with van der Waals surface area (Å²) in [7, 11) is 0. The number of piperazine rings is 1. The number of hydrogen-bond acceptors (Lipinski definition) is 3. The maximum atomic E-state index is 12.8. The number of H-pyrrole nitrogens is 1. The van der Waals surface area contributed by atoms with E-state index in [1.807, 2.05) is 43.9 Å². The van der Waals surface area contributed by atoms with Crippen molar-refractivity contribution in [2.24, 2.45) is 0 Å². The number of carbonyl (C=O) groups is 2. The molecule has 1 aromatic heterocycles. The van der Waals surface area contributed by atoms with Gasteiger partial charge < -0.3 is 14.8 Å². The number of aromatic amines is 1. The van der Waals surface area contributed by atoms with Crippen LogP contribution in [-0.2, 0) is 16.0 Å². The number of amides is 2. The molecule has 2 heterocycles. The molecule has 0 spiro atoms. The first kappa shape index (κ1) is 18.4. The number of nitrogens with one attached hydrogen (secondary N) is 1. The summed E-state index contributed by atoms with van der Waals surface area (Å²) in [6, 6.07) is 6.02. The summed E-state index contributed by atoms with van der Waals surface area (Å²) in [4.78, 5) is 37.0. The Hall–Kier alpha value is -2.37. The van der Waals surface area contributed by atoms with Crippen LogP contribution in [0.5, 0.6) is 0 Å². The van der Waals surface area contributed by atoms with Crippen molar-refractivity contribution in [2.75, 3.05) is 19.6 Å². The molecule has 1 aliphatic heterocycles. The third kappa shape index (κ3) is 3.32. The molecule has 1 fully saturated rings. The summed E-state index contributed by atoms with van der Waals surface area (Å²) in [6.07, 6.45) is 1.83. The van der Waals surface area contributed by atoms with Crippen LogP contribution in [0.4, 0.5) is 0 Å². The van der Waals surface area contributed by atoms with Crippen LogP contribution < -0.4 is 0 Å². The van der Waals surface area contributed by atoms with Gasteiger partial charge in [0.1, 0.15) is 11.4 Å². The number of nitrogens with zero attached hydrogens (tertiary/aromatic N) is 3. The Labute approximate surface area is 154 Å². The second-order valence-corrected chi connectivity index (χ2v) is 7.55. The molecular weight excluding hydrogens is 328 g/mol. The standard InChI is InChI=1S/C20H28N4O2/c1-5-11-23-12-13-24(20(3,4)19(23)26)17(25)10-9-16-21-15-8-6-7-14(2)18(15)22-16/h6-8H,5,9-13H2,1-4H3,(H,21,22). The molecule has 140 valence electrons. The number of hydrogen-bond donors (Lipinski definition) is 1. The number of benzene rings is 1. The van der Waals surface area contributed by atoms with Gasteiger partial charge in [-0.2, -0.15) is 0 Å². The molecule has 0 unspecified atom stereocenters. The van der Waals surface area contributed by atoms with E-state index in [4.69, 9.17) is 0 Å². The smallest absolute Gasteiger partial charge is 0.248 e. The summed E-state index contributed by atoms with van der Waals surface area (Å²) in [6.45, 7) is 9.75. The minimum absolute atomic E-state index is 0.0108. The Morgan fingerprint density at radius 2 is 2.08 bits per heavy atom. The maximum Gasteiger partial charge on any atom is 0.248 e. The summed E-state index contributed by atoms with van der Waals surface area (Å²) in [5.74, 6) is 0.867. The van der Waals surface area contributed by atoms with Crippen LogP contribution in [0.2, 0.25) is 0 Å². The van der Waals surface area contributed by atoms with Gasteiger partial charge in [-0.05, 0) is 38.8 Å². The molecule has 2 amide bonds. The first-order chi connectivity index (χ1) is 12.3. The zero-order chi connectivity index (χ0) is 18.9. The van der Waals surface area contributed by atoms with Gasteiger partial charge in [-0.1, -0.05) is 19.1 Å². The molecule has 2 aromatic rings. The Bertz CT molecular complexity index is 824. The van der Waals surface area contributed by atoms with E-state index in [1.165, 1.54) is 0 Å². The molecule has 1 aliphatic rings. The van der Waals surface area contributed by atoms with Gasteiger partial charge in [0.15, 0.2) is 0 Å². The predicted molar refractivity (Wildman–Crippen MR) is 102 cm³/mol. The largest absolute Gasteiger partial charge is 0.342 e. The van der Waals surface area contributed by atoms with Gasteiger partial charge in [0.2, 0.25) is 11.8 Å². The SMILES string of the molecule is CCCN1CCN(C(=O)CCc2nc3c(C)cccc3[nH]2)C(C)(C)C1=O. The molecule has 0 bridgehead atoms. The number of rotatable bonds is 5. The summed E-state index contributed by atoms with van der Waals surface area (Å²) in [5.41, 5.74) is 2.29. The van der Waals surface area contributed by atoms with Crippen LogP contribution >= 0.6 is 0 Å². The Kier molecular flexibility index (Phi) is 5.03. The lowest BCUT2D eigenvalue weighted by molar-refractivity contribution is -0.158. The molecular formula is C20H28N4O2. The lowest BCUT2D eigenvalue weighted by Gasteiger charge is -2.46. The molecule has 0 atom stereocenters. The van der Waals surface area contributed by atoms with E-state index >= 15 is 0 Å². The number of aryl methyl sites for hydroxylation is 2. The fourth-order valence-electron chi connectivity index (χ4n) is 3.73. The summed E-state index contributed by atoms with van der Waals surface area (Å²) >= 11 is 0. The van der Waals surface area contributed by atoms with Crippen LogP contribution in [0.15, 0.2) is 18.2 Å². The lowest BCUT2D eigenvalue weighted by Crippen LogP contribution is -2.64. The average Bonchev–Trinajstić information content (AvgIpc) is 3.02. The molecule has 6 nitrogen and oxygen atoms in total. The molecule has 6 heteroatoms. The highest BCUT2D eigenvalue weighted by molar-refractivity contribution is 5.92. The van der Waals surface area contributed by atoms with Crippen molar-refractivity contribution in [1.29, 1.82) is 0 Å². The maximum absolute atomic E-state index is 12.8. The molecule has 3 rings (SSSR count). The highest BCUT2D eigenvalue weighted by Gasteiger charge is 2.43. The van der Waals surface area contributed by atoms with E-state index in [9.17, 15) is 9.59 Å². The molecule has 1 N–H and O–H groups in total. The topological polar surface area (TPSA) is 69.3 Å². The molecule has 0 radical (unpaired) electrons. The van der Waals surface area contributed by atoms with Crippen LogP contribution in [0.25, 0.3) is 11.0 Å². The third-order valence-electron chi connectivity index (χ3n) is 5.21. The Morgan fingerprint density at radius 3 is 2.77 bits per heavy atom. The van der Waals surface area contributed by atoms with E-state index < -0.39 is 5.54 Å². The van der Waals surface area contributed by atoms with Crippen LogP contribution in [-0.4, -0.2) is 56.8 Å². The lowest BCUT2D eigenvalue weighted by atomic mass is 9.96. The summed E-state index contributed by atoms with van der Waals surface area (Å²) in [5, 5.41) is 0. The molecule has 0 saturated carbocycles. The Morgan fingerprint density at radius 1 is 1.31 bits per heavy atom. The van der Waals surface area contributed by atoms with Gasteiger partial charge in [0, 0.05) is 32.5 Å². The highest BCUT2D eigenvalue weighted by atomic mass is 16.2. The normalized spacial score (nSPS) is 17.2. The van der Waals surface area contributed by atoms with Crippen LogP contribution in [0.1, 0.15) is 45.0 Å². The van der Waals surface area contributed by atoms with Gasteiger partial charge in [0.05, 0.1) is 11.0 Å². The predicted octanol–water partition coefficient (Wildman–Crippen LogP) is 2.66. The minimum Gasteiger partial charge on any atom is -0.342 e. The number of fused-ring (bicyclic) bond motifs is 1. The van der Waals surface area contributed by atoms with E-state index in [0.29, 0.717) is 25.9 Å². The number of carbonyl (C=O) groups excluding carboxylic acids is 2. The van der Waals surface area contributed by atoms with E-state index in [0.717, 1.165) is 35.4 Å². The van der Waals surface area contributed by atoms with Crippen molar-refractivity contribution in [3.05, 3.63) is 29.6 Å². The Balaban J connectivity index is 1.67. The van der Waals surface area contributed by atoms with Crippen LogP contribution in [0.3, 0.4) is 0 Å². The van der Waals surface area contributed by atoms with E-state index in [2.05, 4.69) is 16.9 Å². The van der Waals surface area contributed by atoms with Crippen molar-refractivity contribution in [2.45, 2.75) is 52.5 Å². The zero-order valence-electron chi connectivity index (χ0n) is 16.1.